The third-order valence-electron chi connectivity index (χ3n) is 6.90. The van der Waals surface area contributed by atoms with Gasteiger partial charge in [0.1, 0.15) is 23.8 Å². The number of benzene rings is 1. The van der Waals surface area contributed by atoms with Crippen LogP contribution in [0.2, 0.25) is 0 Å². The summed E-state index contributed by atoms with van der Waals surface area (Å²) in [5.74, 6) is 1.28. The first kappa shape index (κ1) is 25.0. The van der Waals surface area contributed by atoms with Crippen molar-refractivity contribution in [3.05, 3.63) is 71.2 Å². The number of aryl methyl sites for hydroxylation is 2. The molecule has 0 amide bonds. The standard InChI is InChI=1S/C27H24F3N7O2/c1-13-20-22(36-24(34-13)19-21(14-4-5-14)32-12-33-26(19)39-3)17(10-31-20)23(38)15-6-8-16(9-7-15)25-35-18(11-37(25)2)27(28,29)30/h6-12,14,23,31,38H,4-5H2,1-3H3. The number of nitrogens with zero attached hydrogens (tertiary/aromatic N) is 6. The summed E-state index contributed by atoms with van der Waals surface area (Å²) in [7, 11) is 3.05. The molecule has 12 heteroatoms. The fourth-order valence-electron chi connectivity index (χ4n) is 4.77. The van der Waals surface area contributed by atoms with Gasteiger partial charge in [0.2, 0.25) is 5.88 Å². The third-order valence-corrected chi connectivity index (χ3v) is 6.90. The van der Waals surface area contributed by atoms with Gasteiger partial charge in [-0.3, -0.25) is 0 Å². The number of aliphatic hydroxyl groups is 1. The Kier molecular flexibility index (Phi) is 5.87. The molecule has 0 spiro atoms. The van der Waals surface area contributed by atoms with Crippen LogP contribution in [0.4, 0.5) is 13.2 Å². The number of fused-ring (bicyclic) bond motifs is 1. The molecule has 39 heavy (non-hydrogen) atoms. The number of alkyl halides is 3. The van der Waals surface area contributed by atoms with Crippen LogP contribution in [0.3, 0.4) is 0 Å². The molecule has 1 aromatic carbocycles. The van der Waals surface area contributed by atoms with Gasteiger partial charge in [-0.1, -0.05) is 24.3 Å². The van der Waals surface area contributed by atoms with E-state index in [2.05, 4.69) is 19.9 Å². The Morgan fingerprint density at radius 3 is 2.49 bits per heavy atom. The normalized spacial score (nSPS) is 14.6. The second-order valence-corrected chi connectivity index (χ2v) is 9.60. The molecule has 0 bridgehead atoms. The number of nitrogens with one attached hydrogen (secondary N) is 1. The minimum absolute atomic E-state index is 0.175. The SMILES string of the molecule is COc1ncnc(C2CC2)c1-c1nc(C)c2[nH]cc(C(O)c3ccc(-c4nc(C(F)(F)F)cn4C)cc3)c2n1. The van der Waals surface area contributed by atoms with Crippen LogP contribution in [-0.2, 0) is 13.2 Å². The zero-order valence-electron chi connectivity index (χ0n) is 21.3. The maximum absolute atomic E-state index is 13.1. The number of hydrogen-bond donors (Lipinski definition) is 2. The molecule has 200 valence electrons. The average Bonchev–Trinajstić information content (AvgIpc) is 3.55. The van der Waals surface area contributed by atoms with E-state index in [1.165, 1.54) is 25.1 Å². The molecule has 1 aliphatic carbocycles. The molecule has 9 nitrogen and oxygen atoms in total. The molecule has 0 aliphatic heterocycles. The lowest BCUT2D eigenvalue weighted by atomic mass is 10.0. The van der Waals surface area contributed by atoms with Crippen molar-refractivity contribution in [1.82, 2.24) is 34.5 Å². The molecule has 0 saturated heterocycles. The molecule has 0 radical (unpaired) electrons. The molecule has 5 aromatic rings. The number of aromatic nitrogens is 7. The van der Waals surface area contributed by atoms with Gasteiger partial charge in [-0.25, -0.2) is 24.9 Å². The highest BCUT2D eigenvalue weighted by Gasteiger charge is 2.35. The molecule has 1 aliphatic rings. The Morgan fingerprint density at radius 1 is 1.10 bits per heavy atom. The Morgan fingerprint density at radius 2 is 1.85 bits per heavy atom. The second-order valence-electron chi connectivity index (χ2n) is 9.60. The van der Waals surface area contributed by atoms with Gasteiger partial charge in [-0.05, 0) is 25.3 Å². The van der Waals surface area contributed by atoms with Crippen LogP contribution in [0.1, 0.15) is 53.1 Å². The number of aromatic amines is 1. The Labute approximate surface area is 220 Å². The molecule has 1 fully saturated rings. The third kappa shape index (κ3) is 4.40. The van der Waals surface area contributed by atoms with Gasteiger partial charge in [0, 0.05) is 36.5 Å². The lowest BCUT2D eigenvalue weighted by molar-refractivity contribution is -0.140. The van der Waals surface area contributed by atoms with E-state index in [9.17, 15) is 18.3 Å². The summed E-state index contributed by atoms with van der Waals surface area (Å²) in [5, 5.41) is 11.3. The maximum atomic E-state index is 13.1. The van der Waals surface area contributed by atoms with Crippen LogP contribution in [0, 0.1) is 6.92 Å². The number of hydrogen-bond acceptors (Lipinski definition) is 7. The highest BCUT2D eigenvalue weighted by atomic mass is 19.4. The van der Waals surface area contributed by atoms with Gasteiger partial charge in [0.25, 0.3) is 0 Å². The topological polar surface area (TPSA) is 115 Å². The number of ether oxygens (including phenoxy) is 1. The van der Waals surface area contributed by atoms with Crippen molar-refractivity contribution in [2.75, 3.05) is 7.11 Å². The first-order valence-corrected chi connectivity index (χ1v) is 12.3. The van der Waals surface area contributed by atoms with Crippen molar-refractivity contribution in [2.45, 2.75) is 38.0 Å². The molecule has 1 atom stereocenters. The van der Waals surface area contributed by atoms with Gasteiger partial charge in [-0.15, -0.1) is 0 Å². The zero-order valence-corrected chi connectivity index (χ0v) is 21.3. The lowest BCUT2D eigenvalue weighted by Crippen LogP contribution is -2.05. The van der Waals surface area contributed by atoms with Crippen LogP contribution in [0.5, 0.6) is 5.88 Å². The van der Waals surface area contributed by atoms with E-state index >= 15 is 0 Å². The van der Waals surface area contributed by atoms with Gasteiger partial charge < -0.3 is 19.4 Å². The van der Waals surface area contributed by atoms with Gasteiger partial charge in [0.05, 0.1) is 29.5 Å². The van der Waals surface area contributed by atoms with Gasteiger partial charge in [0.15, 0.2) is 11.5 Å². The van der Waals surface area contributed by atoms with Crippen LogP contribution < -0.4 is 4.74 Å². The fraction of sp³-hybridized carbons (Fsp3) is 0.296. The lowest BCUT2D eigenvalue weighted by Gasteiger charge is -2.13. The summed E-state index contributed by atoms with van der Waals surface area (Å²) < 4.78 is 46.1. The molecule has 4 heterocycles. The first-order valence-electron chi connectivity index (χ1n) is 12.3. The van der Waals surface area contributed by atoms with E-state index in [1.54, 1.807) is 30.5 Å². The van der Waals surface area contributed by atoms with Crippen molar-refractivity contribution in [2.24, 2.45) is 7.05 Å². The molecular weight excluding hydrogens is 511 g/mol. The van der Waals surface area contributed by atoms with Gasteiger partial charge >= 0.3 is 6.18 Å². The summed E-state index contributed by atoms with van der Waals surface area (Å²) in [6.45, 7) is 1.85. The summed E-state index contributed by atoms with van der Waals surface area (Å²) in [5.41, 5.74) is 4.01. The number of H-pyrrole nitrogens is 1. The van der Waals surface area contributed by atoms with E-state index < -0.39 is 18.0 Å². The average molecular weight is 536 g/mol. The van der Waals surface area contributed by atoms with Crippen molar-refractivity contribution < 1.29 is 23.0 Å². The Bertz CT molecular complexity index is 1690. The van der Waals surface area contributed by atoms with Crippen LogP contribution in [0.25, 0.3) is 33.8 Å². The quantitative estimate of drug-likeness (QED) is 0.311. The van der Waals surface area contributed by atoms with E-state index in [4.69, 9.17) is 14.7 Å². The highest BCUT2D eigenvalue weighted by Crippen LogP contribution is 2.45. The van der Waals surface area contributed by atoms with Crippen molar-refractivity contribution in [3.8, 4) is 28.7 Å². The Balaban J connectivity index is 1.38. The van der Waals surface area contributed by atoms with E-state index in [0.29, 0.717) is 56.6 Å². The zero-order chi connectivity index (χ0) is 27.5. The van der Waals surface area contributed by atoms with Gasteiger partial charge in [-0.2, -0.15) is 13.2 Å². The molecule has 1 unspecified atom stereocenters. The van der Waals surface area contributed by atoms with Crippen molar-refractivity contribution in [1.29, 1.82) is 0 Å². The molecule has 6 rings (SSSR count). The first-order chi connectivity index (χ1) is 18.7. The molecular formula is C27H24F3N7O2. The summed E-state index contributed by atoms with van der Waals surface area (Å²) in [4.78, 5) is 25.1. The van der Waals surface area contributed by atoms with Crippen molar-refractivity contribution in [3.63, 3.8) is 0 Å². The fourth-order valence-corrected chi connectivity index (χ4v) is 4.77. The van der Waals surface area contributed by atoms with Crippen molar-refractivity contribution >= 4 is 11.0 Å². The molecule has 1 saturated carbocycles. The number of imidazole rings is 1. The summed E-state index contributed by atoms with van der Waals surface area (Å²) >= 11 is 0. The highest BCUT2D eigenvalue weighted by molar-refractivity contribution is 5.84. The van der Waals surface area contributed by atoms with E-state index in [1.807, 2.05) is 6.92 Å². The summed E-state index contributed by atoms with van der Waals surface area (Å²) in [6, 6.07) is 6.59. The van der Waals surface area contributed by atoms with Crippen LogP contribution in [-0.4, -0.2) is 46.7 Å². The minimum atomic E-state index is -4.53. The maximum Gasteiger partial charge on any atom is 0.434 e. The molecule has 2 N–H and O–H groups in total. The Hall–Kier alpha value is -4.32. The largest absolute Gasteiger partial charge is 0.480 e. The molecule has 4 aromatic heterocycles. The number of halogens is 3. The minimum Gasteiger partial charge on any atom is -0.480 e. The number of methoxy groups -OCH3 is 1. The van der Waals surface area contributed by atoms with E-state index in [-0.39, 0.29) is 5.82 Å². The predicted molar refractivity (Wildman–Crippen MR) is 136 cm³/mol. The number of rotatable bonds is 6. The van der Waals surface area contributed by atoms with Crippen LogP contribution >= 0.6 is 0 Å². The van der Waals surface area contributed by atoms with E-state index in [0.717, 1.165) is 24.7 Å². The predicted octanol–water partition coefficient (Wildman–Crippen LogP) is 5.11. The second kappa shape index (κ2) is 9.16. The number of aliphatic hydroxyl groups excluding tert-OH is 1. The smallest absolute Gasteiger partial charge is 0.434 e. The summed E-state index contributed by atoms with van der Waals surface area (Å²) in [6.07, 6.45) is 0.567. The monoisotopic (exact) mass is 535 g/mol. The van der Waals surface area contributed by atoms with Crippen LogP contribution in [0.15, 0.2) is 43.0 Å².